The first kappa shape index (κ1) is 16.0. The number of likely N-dealkylation sites (tertiary alicyclic amines) is 1. The van der Waals surface area contributed by atoms with Crippen molar-refractivity contribution in [2.24, 2.45) is 7.05 Å². The molecule has 1 aromatic heterocycles. The van der Waals surface area contributed by atoms with Crippen LogP contribution in [0.25, 0.3) is 10.9 Å². The number of nitrogens with zero attached hydrogens (tertiary/aromatic N) is 2. The number of amides is 2. The Morgan fingerprint density at radius 1 is 1.28 bits per heavy atom. The molecule has 0 saturated carbocycles. The number of nitrogens with one attached hydrogen (secondary N) is 1. The number of ether oxygens (including phenoxy) is 1. The number of hydrogen-bond donors (Lipinski definition) is 1. The summed E-state index contributed by atoms with van der Waals surface area (Å²) in [6, 6.07) is 8.16. The molecule has 2 aliphatic rings. The standard InChI is InChI=1S/C19H23N3O3/c1-21-12-14(15-5-2-3-6-16(15)21)11-17(23)22-9-4-7-19(8-10-22)13-20-18(24)25-19/h2-3,5-6,12H,4,7-11,13H2,1H3,(H,20,24)/t19-/m1/s1. The fourth-order valence-corrected chi connectivity index (χ4v) is 4.04. The molecule has 3 heterocycles. The summed E-state index contributed by atoms with van der Waals surface area (Å²) < 4.78 is 7.55. The average Bonchev–Trinajstić information content (AvgIpc) is 3.03. The van der Waals surface area contributed by atoms with Gasteiger partial charge in [0.15, 0.2) is 0 Å². The number of rotatable bonds is 2. The van der Waals surface area contributed by atoms with Gasteiger partial charge in [-0.3, -0.25) is 4.79 Å². The molecular formula is C19H23N3O3. The predicted molar refractivity (Wildman–Crippen MR) is 94.3 cm³/mol. The van der Waals surface area contributed by atoms with E-state index in [1.807, 2.05) is 30.3 Å². The summed E-state index contributed by atoms with van der Waals surface area (Å²) >= 11 is 0. The summed E-state index contributed by atoms with van der Waals surface area (Å²) in [6.45, 7) is 1.92. The van der Waals surface area contributed by atoms with Gasteiger partial charge in [-0.1, -0.05) is 18.2 Å². The monoisotopic (exact) mass is 341 g/mol. The van der Waals surface area contributed by atoms with Crippen LogP contribution >= 0.6 is 0 Å². The highest BCUT2D eigenvalue weighted by Crippen LogP contribution is 2.30. The van der Waals surface area contributed by atoms with Gasteiger partial charge in [-0.05, 0) is 24.5 Å². The van der Waals surface area contributed by atoms with Crippen molar-refractivity contribution in [2.45, 2.75) is 31.3 Å². The van der Waals surface area contributed by atoms with Crippen molar-refractivity contribution in [2.75, 3.05) is 19.6 Å². The van der Waals surface area contributed by atoms with E-state index >= 15 is 0 Å². The lowest BCUT2D eigenvalue weighted by molar-refractivity contribution is -0.130. The molecule has 6 nitrogen and oxygen atoms in total. The Balaban J connectivity index is 1.47. The average molecular weight is 341 g/mol. The topological polar surface area (TPSA) is 63.6 Å². The van der Waals surface area contributed by atoms with Gasteiger partial charge >= 0.3 is 6.09 Å². The van der Waals surface area contributed by atoms with E-state index in [0.717, 1.165) is 35.9 Å². The van der Waals surface area contributed by atoms with Crippen LogP contribution in [0.5, 0.6) is 0 Å². The Morgan fingerprint density at radius 3 is 2.92 bits per heavy atom. The molecule has 0 unspecified atom stereocenters. The van der Waals surface area contributed by atoms with Crippen molar-refractivity contribution in [1.82, 2.24) is 14.8 Å². The smallest absolute Gasteiger partial charge is 0.407 e. The second kappa shape index (κ2) is 6.10. The molecule has 1 spiro atoms. The van der Waals surface area contributed by atoms with Crippen molar-refractivity contribution in [3.8, 4) is 0 Å². The maximum absolute atomic E-state index is 12.8. The number of carbonyl (C=O) groups is 2. The van der Waals surface area contributed by atoms with Gasteiger partial charge in [0.2, 0.25) is 5.91 Å². The Morgan fingerprint density at radius 2 is 2.12 bits per heavy atom. The molecule has 2 saturated heterocycles. The lowest BCUT2D eigenvalue weighted by atomic mass is 9.95. The van der Waals surface area contributed by atoms with Crippen LogP contribution in [0.1, 0.15) is 24.8 Å². The zero-order valence-electron chi connectivity index (χ0n) is 14.5. The van der Waals surface area contributed by atoms with Crippen molar-refractivity contribution in [1.29, 1.82) is 0 Å². The number of alkyl carbamates (subject to hydrolysis) is 1. The lowest BCUT2D eigenvalue weighted by Crippen LogP contribution is -2.37. The zero-order valence-corrected chi connectivity index (χ0v) is 14.5. The number of aryl methyl sites for hydroxylation is 1. The summed E-state index contributed by atoms with van der Waals surface area (Å²) in [7, 11) is 2.01. The summed E-state index contributed by atoms with van der Waals surface area (Å²) in [5.41, 5.74) is 1.78. The van der Waals surface area contributed by atoms with Gasteiger partial charge in [0.05, 0.1) is 13.0 Å². The van der Waals surface area contributed by atoms with Crippen LogP contribution in [-0.2, 0) is 23.0 Å². The highest BCUT2D eigenvalue weighted by atomic mass is 16.6. The zero-order chi connectivity index (χ0) is 17.4. The minimum absolute atomic E-state index is 0.144. The van der Waals surface area contributed by atoms with Gasteiger partial charge in [0.25, 0.3) is 0 Å². The quantitative estimate of drug-likeness (QED) is 0.911. The highest BCUT2D eigenvalue weighted by Gasteiger charge is 2.41. The number of benzene rings is 1. The first-order chi connectivity index (χ1) is 12.1. The molecule has 2 aliphatic heterocycles. The molecule has 0 aliphatic carbocycles. The van der Waals surface area contributed by atoms with Gasteiger partial charge in [0.1, 0.15) is 5.60 Å². The van der Waals surface area contributed by atoms with Gasteiger partial charge in [-0.25, -0.2) is 4.79 Å². The van der Waals surface area contributed by atoms with E-state index in [1.165, 1.54) is 0 Å². The fourth-order valence-electron chi connectivity index (χ4n) is 4.04. The van der Waals surface area contributed by atoms with E-state index in [9.17, 15) is 9.59 Å². The van der Waals surface area contributed by atoms with E-state index in [-0.39, 0.29) is 12.0 Å². The summed E-state index contributed by atoms with van der Waals surface area (Å²) in [5.74, 6) is 0.144. The molecule has 0 radical (unpaired) electrons. The molecular weight excluding hydrogens is 318 g/mol. The van der Waals surface area contributed by atoms with E-state index in [2.05, 4.69) is 22.0 Å². The third-order valence-corrected chi connectivity index (χ3v) is 5.44. The Kier molecular flexibility index (Phi) is 3.90. The molecule has 2 amide bonds. The number of fused-ring (bicyclic) bond motifs is 1. The number of carbonyl (C=O) groups excluding carboxylic acids is 2. The fraction of sp³-hybridized carbons (Fsp3) is 0.474. The van der Waals surface area contributed by atoms with E-state index in [0.29, 0.717) is 25.9 Å². The Hall–Kier alpha value is -2.50. The van der Waals surface area contributed by atoms with Crippen molar-refractivity contribution in [3.05, 3.63) is 36.0 Å². The number of para-hydroxylation sites is 1. The molecule has 132 valence electrons. The molecule has 6 heteroatoms. The van der Waals surface area contributed by atoms with Crippen molar-refractivity contribution >= 4 is 22.9 Å². The predicted octanol–water partition coefficient (Wildman–Crippen LogP) is 2.21. The van der Waals surface area contributed by atoms with Crippen LogP contribution in [0.15, 0.2) is 30.5 Å². The minimum Gasteiger partial charge on any atom is -0.441 e. The Labute approximate surface area is 146 Å². The summed E-state index contributed by atoms with van der Waals surface area (Å²) in [5, 5.41) is 3.88. The highest BCUT2D eigenvalue weighted by molar-refractivity contribution is 5.89. The molecule has 25 heavy (non-hydrogen) atoms. The van der Waals surface area contributed by atoms with Crippen LogP contribution in [0, 0.1) is 0 Å². The second-order valence-corrected chi connectivity index (χ2v) is 7.12. The first-order valence-corrected chi connectivity index (χ1v) is 8.84. The molecule has 1 N–H and O–H groups in total. The van der Waals surface area contributed by atoms with Gasteiger partial charge < -0.3 is 19.5 Å². The van der Waals surface area contributed by atoms with Gasteiger partial charge in [0, 0.05) is 43.7 Å². The molecule has 4 rings (SSSR count). The van der Waals surface area contributed by atoms with Crippen LogP contribution in [0.2, 0.25) is 0 Å². The molecule has 2 fully saturated rings. The maximum atomic E-state index is 12.8. The summed E-state index contributed by atoms with van der Waals surface area (Å²) in [6.07, 6.45) is 4.49. The van der Waals surface area contributed by atoms with Crippen LogP contribution in [0.3, 0.4) is 0 Å². The second-order valence-electron chi connectivity index (χ2n) is 7.12. The number of hydrogen-bond acceptors (Lipinski definition) is 3. The van der Waals surface area contributed by atoms with E-state index < -0.39 is 5.60 Å². The largest absolute Gasteiger partial charge is 0.441 e. The molecule has 2 aromatic rings. The third-order valence-electron chi connectivity index (χ3n) is 5.44. The minimum atomic E-state index is -0.425. The molecule has 0 bridgehead atoms. The maximum Gasteiger partial charge on any atom is 0.407 e. The van der Waals surface area contributed by atoms with Gasteiger partial charge in [-0.15, -0.1) is 0 Å². The summed E-state index contributed by atoms with van der Waals surface area (Å²) in [4.78, 5) is 26.1. The first-order valence-electron chi connectivity index (χ1n) is 8.84. The molecule has 1 atom stereocenters. The van der Waals surface area contributed by atoms with Crippen molar-refractivity contribution < 1.29 is 14.3 Å². The van der Waals surface area contributed by atoms with Crippen LogP contribution in [0.4, 0.5) is 4.79 Å². The van der Waals surface area contributed by atoms with E-state index in [4.69, 9.17) is 4.74 Å². The van der Waals surface area contributed by atoms with Crippen molar-refractivity contribution in [3.63, 3.8) is 0 Å². The Bertz CT molecular complexity index is 828. The van der Waals surface area contributed by atoms with Crippen LogP contribution < -0.4 is 5.32 Å². The lowest BCUT2D eigenvalue weighted by Gasteiger charge is -2.25. The van der Waals surface area contributed by atoms with Crippen LogP contribution in [-0.4, -0.2) is 46.7 Å². The molecule has 1 aromatic carbocycles. The van der Waals surface area contributed by atoms with Gasteiger partial charge in [-0.2, -0.15) is 0 Å². The third kappa shape index (κ3) is 2.97. The SMILES string of the molecule is Cn1cc(CC(=O)N2CCC[C@@]3(CC2)CNC(=O)O3)c2ccccc21. The van der Waals surface area contributed by atoms with E-state index in [1.54, 1.807) is 0 Å². The number of aromatic nitrogens is 1. The normalized spacial score (nSPS) is 23.6.